The van der Waals surface area contributed by atoms with Gasteiger partial charge in [-0.1, -0.05) is 37.6 Å². The van der Waals surface area contributed by atoms with Gasteiger partial charge in [0.1, 0.15) is 0 Å². The SMILES string of the molecule is CCCc1cccc(C2CCNC(C(=O)NCC)C2)c1. The molecule has 1 aliphatic heterocycles. The summed E-state index contributed by atoms with van der Waals surface area (Å²) < 4.78 is 0. The minimum atomic E-state index is -0.0384. The lowest BCUT2D eigenvalue weighted by Crippen LogP contribution is -2.48. The summed E-state index contributed by atoms with van der Waals surface area (Å²) in [5, 5.41) is 6.25. The number of piperidine rings is 1. The summed E-state index contributed by atoms with van der Waals surface area (Å²) in [6.45, 7) is 5.80. The predicted molar refractivity (Wildman–Crippen MR) is 82.9 cm³/mol. The second-order valence-electron chi connectivity index (χ2n) is 5.62. The van der Waals surface area contributed by atoms with E-state index in [9.17, 15) is 4.79 Å². The number of carbonyl (C=O) groups is 1. The summed E-state index contributed by atoms with van der Waals surface area (Å²) in [4.78, 5) is 12.0. The molecule has 0 radical (unpaired) electrons. The Kier molecular flexibility index (Phi) is 5.60. The number of hydrogen-bond donors (Lipinski definition) is 2. The maximum Gasteiger partial charge on any atom is 0.237 e. The van der Waals surface area contributed by atoms with Crippen molar-refractivity contribution >= 4 is 5.91 Å². The Bertz CT molecular complexity index is 444. The molecule has 1 fully saturated rings. The molecule has 0 aliphatic carbocycles. The molecule has 0 aromatic heterocycles. The van der Waals surface area contributed by atoms with Gasteiger partial charge in [0.15, 0.2) is 0 Å². The third kappa shape index (κ3) is 3.83. The van der Waals surface area contributed by atoms with E-state index in [0.717, 1.165) is 25.8 Å². The number of likely N-dealkylation sites (N-methyl/N-ethyl adjacent to an activating group) is 1. The molecule has 3 nitrogen and oxygen atoms in total. The van der Waals surface area contributed by atoms with Crippen LogP contribution in [0.5, 0.6) is 0 Å². The van der Waals surface area contributed by atoms with E-state index < -0.39 is 0 Å². The highest BCUT2D eigenvalue weighted by atomic mass is 16.2. The Hall–Kier alpha value is -1.35. The lowest BCUT2D eigenvalue weighted by atomic mass is 9.85. The first-order chi connectivity index (χ1) is 9.74. The average Bonchev–Trinajstić information content (AvgIpc) is 2.48. The fourth-order valence-electron chi connectivity index (χ4n) is 3.01. The lowest BCUT2D eigenvalue weighted by Gasteiger charge is -2.30. The molecular weight excluding hydrogens is 248 g/mol. The summed E-state index contributed by atoms with van der Waals surface area (Å²) in [5.74, 6) is 0.641. The number of hydrogen-bond acceptors (Lipinski definition) is 2. The van der Waals surface area contributed by atoms with Crippen LogP contribution >= 0.6 is 0 Å². The Morgan fingerprint density at radius 3 is 3.00 bits per heavy atom. The maximum absolute atomic E-state index is 12.0. The lowest BCUT2D eigenvalue weighted by molar-refractivity contribution is -0.123. The van der Waals surface area contributed by atoms with Gasteiger partial charge in [0.25, 0.3) is 0 Å². The molecule has 1 aromatic rings. The van der Waals surface area contributed by atoms with Crippen molar-refractivity contribution in [1.29, 1.82) is 0 Å². The summed E-state index contributed by atoms with van der Waals surface area (Å²) in [7, 11) is 0. The van der Waals surface area contributed by atoms with Gasteiger partial charge in [0.2, 0.25) is 5.91 Å². The molecule has 110 valence electrons. The zero-order valence-electron chi connectivity index (χ0n) is 12.6. The first-order valence-corrected chi connectivity index (χ1v) is 7.84. The van der Waals surface area contributed by atoms with Crippen molar-refractivity contribution in [2.24, 2.45) is 0 Å². The van der Waals surface area contributed by atoms with E-state index in [4.69, 9.17) is 0 Å². The zero-order chi connectivity index (χ0) is 14.4. The van der Waals surface area contributed by atoms with Crippen molar-refractivity contribution in [2.45, 2.75) is 51.5 Å². The minimum absolute atomic E-state index is 0.0384. The van der Waals surface area contributed by atoms with E-state index in [1.807, 2.05) is 6.92 Å². The highest BCUT2D eigenvalue weighted by Gasteiger charge is 2.27. The molecular formula is C17H26N2O. The molecule has 2 N–H and O–H groups in total. The Morgan fingerprint density at radius 1 is 1.40 bits per heavy atom. The first-order valence-electron chi connectivity index (χ1n) is 7.84. The van der Waals surface area contributed by atoms with Gasteiger partial charge in [-0.3, -0.25) is 4.79 Å². The van der Waals surface area contributed by atoms with Crippen LogP contribution in [0, 0.1) is 0 Å². The van der Waals surface area contributed by atoms with Crippen LogP contribution in [0.2, 0.25) is 0 Å². The minimum Gasteiger partial charge on any atom is -0.355 e. The molecule has 1 amide bonds. The zero-order valence-corrected chi connectivity index (χ0v) is 12.6. The molecule has 1 aromatic carbocycles. The quantitative estimate of drug-likeness (QED) is 0.866. The number of rotatable bonds is 5. The van der Waals surface area contributed by atoms with Crippen molar-refractivity contribution in [3.05, 3.63) is 35.4 Å². The highest BCUT2D eigenvalue weighted by Crippen LogP contribution is 2.28. The smallest absolute Gasteiger partial charge is 0.237 e. The third-order valence-electron chi connectivity index (χ3n) is 4.03. The number of benzene rings is 1. The number of aryl methyl sites for hydroxylation is 1. The second-order valence-corrected chi connectivity index (χ2v) is 5.62. The van der Waals surface area contributed by atoms with E-state index >= 15 is 0 Å². The van der Waals surface area contributed by atoms with Gasteiger partial charge < -0.3 is 10.6 Å². The normalized spacial score (nSPS) is 22.5. The Labute approximate surface area is 122 Å². The van der Waals surface area contributed by atoms with Crippen molar-refractivity contribution in [3.63, 3.8) is 0 Å². The predicted octanol–water partition coefficient (Wildman–Crippen LogP) is 2.61. The number of nitrogens with one attached hydrogen (secondary N) is 2. The molecule has 0 bridgehead atoms. The van der Waals surface area contributed by atoms with Crippen LogP contribution in [0.15, 0.2) is 24.3 Å². The maximum atomic E-state index is 12.0. The summed E-state index contributed by atoms with van der Waals surface area (Å²) >= 11 is 0. The molecule has 2 rings (SSSR count). The molecule has 0 spiro atoms. The van der Waals surface area contributed by atoms with E-state index in [1.54, 1.807) is 0 Å². The summed E-state index contributed by atoms with van der Waals surface area (Å²) in [6, 6.07) is 8.86. The van der Waals surface area contributed by atoms with Gasteiger partial charge in [-0.05, 0) is 49.8 Å². The molecule has 2 atom stereocenters. The van der Waals surface area contributed by atoms with Crippen molar-refractivity contribution in [3.8, 4) is 0 Å². The van der Waals surface area contributed by atoms with E-state index in [0.29, 0.717) is 12.5 Å². The van der Waals surface area contributed by atoms with Gasteiger partial charge in [-0.15, -0.1) is 0 Å². The molecule has 3 heteroatoms. The Balaban J connectivity index is 2.04. The summed E-state index contributed by atoms with van der Waals surface area (Å²) in [6.07, 6.45) is 4.34. The molecule has 0 saturated carbocycles. The monoisotopic (exact) mass is 274 g/mol. The van der Waals surface area contributed by atoms with Crippen LogP contribution in [0.1, 0.15) is 50.2 Å². The van der Waals surface area contributed by atoms with Crippen molar-refractivity contribution in [2.75, 3.05) is 13.1 Å². The fourth-order valence-corrected chi connectivity index (χ4v) is 3.01. The second kappa shape index (κ2) is 7.44. The van der Waals surface area contributed by atoms with Crippen LogP contribution in [-0.2, 0) is 11.2 Å². The van der Waals surface area contributed by atoms with Gasteiger partial charge in [-0.25, -0.2) is 0 Å². The largest absolute Gasteiger partial charge is 0.355 e. The number of amides is 1. The van der Waals surface area contributed by atoms with Gasteiger partial charge in [0.05, 0.1) is 6.04 Å². The van der Waals surface area contributed by atoms with E-state index in [-0.39, 0.29) is 11.9 Å². The molecule has 1 heterocycles. The van der Waals surface area contributed by atoms with Crippen LogP contribution in [0.25, 0.3) is 0 Å². The first kappa shape index (κ1) is 15.0. The standard InChI is InChI=1S/C17H26N2O/c1-3-6-13-7-5-8-14(11-13)15-9-10-19-16(12-15)17(20)18-4-2/h5,7-8,11,15-16,19H,3-4,6,9-10,12H2,1-2H3,(H,18,20). The van der Waals surface area contributed by atoms with Crippen molar-refractivity contribution in [1.82, 2.24) is 10.6 Å². The van der Waals surface area contributed by atoms with Crippen molar-refractivity contribution < 1.29 is 4.79 Å². The average molecular weight is 274 g/mol. The van der Waals surface area contributed by atoms with E-state index in [1.165, 1.54) is 17.5 Å². The van der Waals surface area contributed by atoms with Gasteiger partial charge >= 0.3 is 0 Å². The molecule has 1 saturated heterocycles. The fraction of sp³-hybridized carbons (Fsp3) is 0.588. The summed E-state index contributed by atoms with van der Waals surface area (Å²) in [5.41, 5.74) is 2.81. The molecule has 20 heavy (non-hydrogen) atoms. The third-order valence-corrected chi connectivity index (χ3v) is 4.03. The van der Waals surface area contributed by atoms with Crippen LogP contribution in [0.4, 0.5) is 0 Å². The van der Waals surface area contributed by atoms with Gasteiger partial charge in [0, 0.05) is 6.54 Å². The van der Waals surface area contributed by atoms with Crippen LogP contribution in [0.3, 0.4) is 0 Å². The topological polar surface area (TPSA) is 41.1 Å². The molecule has 2 unspecified atom stereocenters. The van der Waals surface area contributed by atoms with E-state index in [2.05, 4.69) is 41.8 Å². The highest BCUT2D eigenvalue weighted by molar-refractivity contribution is 5.81. The van der Waals surface area contributed by atoms with Crippen LogP contribution < -0.4 is 10.6 Å². The number of carbonyl (C=O) groups excluding carboxylic acids is 1. The van der Waals surface area contributed by atoms with Crippen LogP contribution in [-0.4, -0.2) is 25.0 Å². The van der Waals surface area contributed by atoms with Gasteiger partial charge in [-0.2, -0.15) is 0 Å². The molecule has 1 aliphatic rings. The Morgan fingerprint density at radius 2 is 2.25 bits per heavy atom.